The van der Waals surface area contributed by atoms with Crippen molar-refractivity contribution in [2.75, 3.05) is 18.9 Å². The Bertz CT molecular complexity index is 369. The third kappa shape index (κ3) is 6.02. The first-order valence-corrected chi connectivity index (χ1v) is 6.92. The number of aliphatic hydroxyl groups excluding tert-OH is 1. The molecular weight excluding hydrogens is 248 g/mol. The molecule has 1 heterocycles. The molecule has 0 unspecified atom stereocenters. The fourth-order valence-electron chi connectivity index (χ4n) is 1.36. The zero-order valence-corrected chi connectivity index (χ0v) is 11.7. The predicted octanol–water partition coefficient (Wildman–Crippen LogP) is 1.70. The minimum Gasteiger partial charge on any atom is -0.396 e. The number of hydrogen-bond acceptors (Lipinski definition) is 4. The molecule has 1 amide bonds. The first-order chi connectivity index (χ1) is 8.53. The van der Waals surface area contributed by atoms with E-state index in [2.05, 4.69) is 10.3 Å². The quantitative estimate of drug-likeness (QED) is 0.739. The molecule has 1 aromatic heterocycles. The van der Waals surface area contributed by atoms with Crippen molar-refractivity contribution in [1.29, 1.82) is 0 Å². The van der Waals surface area contributed by atoms with Gasteiger partial charge in [0.05, 0.1) is 5.75 Å². The van der Waals surface area contributed by atoms with Gasteiger partial charge in [-0.2, -0.15) is 0 Å². The fraction of sp³-hybridized carbons (Fsp3) is 0.538. The van der Waals surface area contributed by atoms with E-state index in [-0.39, 0.29) is 17.9 Å². The number of rotatable bonds is 7. The van der Waals surface area contributed by atoms with Gasteiger partial charge in [-0.05, 0) is 24.0 Å². The Morgan fingerprint density at radius 2 is 2.11 bits per heavy atom. The zero-order valence-electron chi connectivity index (χ0n) is 10.8. The van der Waals surface area contributed by atoms with E-state index in [0.717, 1.165) is 4.90 Å². The number of aliphatic hydroxyl groups is 1. The Morgan fingerprint density at radius 3 is 2.72 bits per heavy atom. The third-order valence-corrected chi connectivity index (χ3v) is 3.58. The van der Waals surface area contributed by atoms with Gasteiger partial charge in [0.1, 0.15) is 0 Å². The van der Waals surface area contributed by atoms with Gasteiger partial charge in [0.15, 0.2) is 0 Å². The van der Waals surface area contributed by atoms with Crippen molar-refractivity contribution < 1.29 is 9.90 Å². The van der Waals surface area contributed by atoms with E-state index in [9.17, 15) is 4.79 Å². The summed E-state index contributed by atoms with van der Waals surface area (Å²) in [5, 5.41) is 11.8. The highest BCUT2D eigenvalue weighted by atomic mass is 32.2. The Hall–Kier alpha value is -1.07. The van der Waals surface area contributed by atoms with E-state index in [1.54, 1.807) is 12.4 Å². The molecule has 100 valence electrons. The van der Waals surface area contributed by atoms with Crippen LogP contribution in [0.1, 0.15) is 20.3 Å². The smallest absolute Gasteiger partial charge is 0.230 e. The summed E-state index contributed by atoms with van der Waals surface area (Å²) >= 11 is 1.49. The molecule has 2 N–H and O–H groups in total. The molecule has 0 radical (unpaired) electrons. The summed E-state index contributed by atoms with van der Waals surface area (Å²) < 4.78 is 0. The van der Waals surface area contributed by atoms with E-state index in [0.29, 0.717) is 18.7 Å². The van der Waals surface area contributed by atoms with Crippen LogP contribution in [0.25, 0.3) is 0 Å². The predicted molar refractivity (Wildman–Crippen MR) is 73.5 cm³/mol. The number of carbonyl (C=O) groups excluding carboxylic acids is 1. The molecule has 0 fully saturated rings. The Kier molecular flexibility index (Phi) is 6.15. The van der Waals surface area contributed by atoms with Gasteiger partial charge in [0, 0.05) is 30.4 Å². The van der Waals surface area contributed by atoms with E-state index in [4.69, 9.17) is 5.11 Å². The fourth-order valence-corrected chi connectivity index (χ4v) is 2.08. The standard InChI is InChI=1S/C13H20N2O2S/c1-13(2,5-8-16)10-15-12(17)9-18-11-3-6-14-7-4-11/h3-4,6-7,16H,5,8-10H2,1-2H3,(H,15,17). The molecule has 18 heavy (non-hydrogen) atoms. The highest BCUT2D eigenvalue weighted by molar-refractivity contribution is 8.00. The normalized spacial score (nSPS) is 11.3. The maximum atomic E-state index is 11.7. The second-order valence-corrected chi connectivity index (χ2v) is 5.93. The molecule has 0 aromatic carbocycles. The molecule has 0 saturated carbocycles. The summed E-state index contributed by atoms with van der Waals surface area (Å²) in [7, 11) is 0. The van der Waals surface area contributed by atoms with Crippen LogP contribution in [0.5, 0.6) is 0 Å². The Labute approximate surface area is 112 Å². The summed E-state index contributed by atoms with van der Waals surface area (Å²) in [6.45, 7) is 4.79. The average Bonchev–Trinajstić information content (AvgIpc) is 2.35. The summed E-state index contributed by atoms with van der Waals surface area (Å²) in [5.74, 6) is 0.419. The van der Waals surface area contributed by atoms with Crippen LogP contribution in [0.2, 0.25) is 0 Å². The van der Waals surface area contributed by atoms with Crippen molar-refractivity contribution in [1.82, 2.24) is 10.3 Å². The summed E-state index contributed by atoms with van der Waals surface area (Å²) in [6.07, 6.45) is 4.11. The van der Waals surface area contributed by atoms with Gasteiger partial charge < -0.3 is 10.4 Å². The zero-order chi connectivity index (χ0) is 13.4. The van der Waals surface area contributed by atoms with Crippen LogP contribution in [0.15, 0.2) is 29.4 Å². The molecule has 1 aromatic rings. The van der Waals surface area contributed by atoms with Gasteiger partial charge in [-0.15, -0.1) is 11.8 Å². The first-order valence-electron chi connectivity index (χ1n) is 5.94. The summed E-state index contributed by atoms with van der Waals surface area (Å²) in [4.78, 5) is 16.6. The Balaban J connectivity index is 2.26. The summed E-state index contributed by atoms with van der Waals surface area (Å²) in [6, 6.07) is 3.77. The van der Waals surface area contributed by atoms with Crippen LogP contribution in [0, 0.1) is 5.41 Å². The molecule has 0 aliphatic rings. The topological polar surface area (TPSA) is 62.2 Å². The highest BCUT2D eigenvalue weighted by Gasteiger charge is 2.17. The molecule has 1 rings (SSSR count). The van der Waals surface area contributed by atoms with Crippen LogP contribution >= 0.6 is 11.8 Å². The third-order valence-electron chi connectivity index (χ3n) is 2.57. The number of nitrogens with zero attached hydrogens (tertiary/aromatic N) is 1. The van der Waals surface area contributed by atoms with E-state index < -0.39 is 0 Å². The van der Waals surface area contributed by atoms with Crippen molar-refractivity contribution in [3.05, 3.63) is 24.5 Å². The number of pyridine rings is 1. The Morgan fingerprint density at radius 1 is 1.44 bits per heavy atom. The van der Waals surface area contributed by atoms with Crippen molar-refractivity contribution in [3.8, 4) is 0 Å². The molecule has 0 saturated heterocycles. The number of thioether (sulfide) groups is 1. The van der Waals surface area contributed by atoms with Gasteiger partial charge >= 0.3 is 0 Å². The number of amides is 1. The lowest BCUT2D eigenvalue weighted by atomic mass is 9.90. The van der Waals surface area contributed by atoms with Crippen LogP contribution in [-0.2, 0) is 4.79 Å². The van der Waals surface area contributed by atoms with Crippen LogP contribution < -0.4 is 5.32 Å². The van der Waals surface area contributed by atoms with Gasteiger partial charge in [-0.25, -0.2) is 0 Å². The SMILES string of the molecule is CC(C)(CCO)CNC(=O)CSc1ccncc1. The van der Waals surface area contributed by atoms with Crippen LogP contribution in [0.4, 0.5) is 0 Å². The van der Waals surface area contributed by atoms with Gasteiger partial charge in [-0.3, -0.25) is 9.78 Å². The molecular formula is C13H20N2O2S. The lowest BCUT2D eigenvalue weighted by Gasteiger charge is -2.23. The molecule has 0 aliphatic carbocycles. The van der Waals surface area contributed by atoms with Crippen molar-refractivity contribution in [2.24, 2.45) is 5.41 Å². The second-order valence-electron chi connectivity index (χ2n) is 4.89. The molecule has 0 bridgehead atoms. The van der Waals surface area contributed by atoms with Gasteiger partial charge in [0.25, 0.3) is 0 Å². The van der Waals surface area contributed by atoms with Crippen LogP contribution in [-0.4, -0.2) is 34.9 Å². The lowest BCUT2D eigenvalue weighted by Crippen LogP contribution is -2.35. The monoisotopic (exact) mass is 268 g/mol. The number of carbonyl (C=O) groups is 1. The van der Waals surface area contributed by atoms with E-state index in [1.807, 2.05) is 26.0 Å². The molecule has 0 spiro atoms. The van der Waals surface area contributed by atoms with E-state index >= 15 is 0 Å². The minimum atomic E-state index is -0.0637. The van der Waals surface area contributed by atoms with Crippen LogP contribution in [0.3, 0.4) is 0 Å². The minimum absolute atomic E-state index is 0.0165. The first kappa shape index (κ1) is 15.0. The maximum Gasteiger partial charge on any atom is 0.230 e. The van der Waals surface area contributed by atoms with Gasteiger partial charge in [-0.1, -0.05) is 13.8 Å². The average molecular weight is 268 g/mol. The number of hydrogen-bond donors (Lipinski definition) is 2. The molecule has 0 atom stereocenters. The van der Waals surface area contributed by atoms with E-state index in [1.165, 1.54) is 11.8 Å². The summed E-state index contributed by atoms with van der Waals surface area (Å²) in [5.41, 5.74) is -0.0637. The largest absolute Gasteiger partial charge is 0.396 e. The molecule has 4 nitrogen and oxygen atoms in total. The molecule has 5 heteroatoms. The second kappa shape index (κ2) is 7.38. The maximum absolute atomic E-state index is 11.7. The molecule has 0 aliphatic heterocycles. The van der Waals surface area contributed by atoms with Crippen molar-refractivity contribution in [3.63, 3.8) is 0 Å². The van der Waals surface area contributed by atoms with Crippen molar-refractivity contribution in [2.45, 2.75) is 25.2 Å². The number of nitrogens with one attached hydrogen (secondary N) is 1. The van der Waals surface area contributed by atoms with Crippen molar-refractivity contribution >= 4 is 17.7 Å². The van der Waals surface area contributed by atoms with Gasteiger partial charge in [0.2, 0.25) is 5.91 Å². The lowest BCUT2D eigenvalue weighted by molar-refractivity contribution is -0.119. The highest BCUT2D eigenvalue weighted by Crippen LogP contribution is 2.19. The number of aromatic nitrogens is 1.